The number of thioether (sulfide) groups is 1. The lowest BCUT2D eigenvalue weighted by Crippen LogP contribution is -2.11. The standard InChI is InChI=1S/C12H24N2S/c1-13(2)9-5-7-11-15-12-8-6-10-14(3)4/h7-8,11-12H,5-6,9-10H2,1-4H3. The van der Waals surface area contributed by atoms with E-state index in [-0.39, 0.29) is 0 Å². The van der Waals surface area contributed by atoms with Crippen LogP contribution < -0.4 is 0 Å². The third-order valence-corrected chi connectivity index (χ3v) is 2.53. The van der Waals surface area contributed by atoms with Crippen molar-refractivity contribution >= 4 is 11.8 Å². The Balaban J connectivity index is 3.28. The first-order chi connectivity index (χ1) is 7.13. The van der Waals surface area contributed by atoms with Crippen LogP contribution in [0.3, 0.4) is 0 Å². The van der Waals surface area contributed by atoms with Crippen LogP contribution in [0.4, 0.5) is 0 Å². The molecule has 2 nitrogen and oxygen atoms in total. The van der Waals surface area contributed by atoms with E-state index in [1.165, 1.54) is 0 Å². The minimum atomic E-state index is 1.13. The molecule has 0 amide bonds. The topological polar surface area (TPSA) is 6.48 Å². The predicted octanol–water partition coefficient (Wildman–Crippen LogP) is 2.65. The van der Waals surface area contributed by atoms with E-state index in [2.05, 4.69) is 61.0 Å². The van der Waals surface area contributed by atoms with Crippen molar-refractivity contribution in [2.75, 3.05) is 41.3 Å². The van der Waals surface area contributed by atoms with Crippen molar-refractivity contribution < 1.29 is 0 Å². The van der Waals surface area contributed by atoms with Gasteiger partial charge in [0.1, 0.15) is 0 Å². The number of nitrogens with zero attached hydrogens (tertiary/aromatic N) is 2. The quantitative estimate of drug-likeness (QED) is 0.630. The summed E-state index contributed by atoms with van der Waals surface area (Å²) < 4.78 is 0. The highest BCUT2D eigenvalue weighted by atomic mass is 32.2. The molecule has 0 aromatic carbocycles. The summed E-state index contributed by atoms with van der Waals surface area (Å²) in [4.78, 5) is 4.39. The smallest absolute Gasteiger partial charge is 0.00101 e. The van der Waals surface area contributed by atoms with Crippen LogP contribution in [0.5, 0.6) is 0 Å². The lowest BCUT2D eigenvalue weighted by atomic mass is 10.4. The number of hydrogen-bond donors (Lipinski definition) is 0. The normalized spacial score (nSPS) is 12.7. The van der Waals surface area contributed by atoms with Crippen molar-refractivity contribution in [2.45, 2.75) is 12.8 Å². The molecule has 0 spiro atoms. The summed E-state index contributed by atoms with van der Waals surface area (Å²) in [6, 6.07) is 0. The van der Waals surface area contributed by atoms with Gasteiger partial charge in [-0.15, -0.1) is 11.8 Å². The third kappa shape index (κ3) is 13.8. The Morgan fingerprint density at radius 2 is 1.20 bits per heavy atom. The van der Waals surface area contributed by atoms with Gasteiger partial charge in [0.2, 0.25) is 0 Å². The van der Waals surface area contributed by atoms with Gasteiger partial charge >= 0.3 is 0 Å². The van der Waals surface area contributed by atoms with E-state index in [1.807, 2.05) is 0 Å². The van der Waals surface area contributed by atoms with E-state index in [4.69, 9.17) is 0 Å². The van der Waals surface area contributed by atoms with E-state index < -0.39 is 0 Å². The van der Waals surface area contributed by atoms with Gasteiger partial charge in [-0.05, 0) is 51.8 Å². The molecule has 0 heterocycles. The zero-order chi connectivity index (χ0) is 11.5. The maximum Gasteiger partial charge on any atom is 0.00101 e. The molecule has 0 aliphatic heterocycles. The van der Waals surface area contributed by atoms with Crippen molar-refractivity contribution in [3.8, 4) is 0 Å². The van der Waals surface area contributed by atoms with Crippen LogP contribution in [0.15, 0.2) is 23.0 Å². The second-order valence-corrected chi connectivity index (χ2v) is 4.88. The Hall–Kier alpha value is -0.250. The van der Waals surface area contributed by atoms with Gasteiger partial charge in [-0.2, -0.15) is 0 Å². The van der Waals surface area contributed by atoms with Gasteiger partial charge in [0.15, 0.2) is 0 Å². The Morgan fingerprint density at radius 3 is 1.53 bits per heavy atom. The van der Waals surface area contributed by atoms with Crippen LogP contribution in [-0.4, -0.2) is 51.1 Å². The lowest BCUT2D eigenvalue weighted by Gasteiger charge is -2.05. The molecule has 0 N–H and O–H groups in total. The Labute approximate surface area is 99.0 Å². The van der Waals surface area contributed by atoms with Gasteiger partial charge in [-0.1, -0.05) is 12.2 Å². The zero-order valence-electron chi connectivity index (χ0n) is 10.4. The Morgan fingerprint density at radius 1 is 0.800 bits per heavy atom. The van der Waals surface area contributed by atoms with E-state index in [0.29, 0.717) is 0 Å². The lowest BCUT2D eigenvalue weighted by molar-refractivity contribution is 0.417. The molecule has 0 aliphatic carbocycles. The summed E-state index contributed by atoms with van der Waals surface area (Å²) in [6.07, 6.45) is 6.71. The summed E-state index contributed by atoms with van der Waals surface area (Å²) in [6.45, 7) is 2.25. The van der Waals surface area contributed by atoms with Gasteiger partial charge in [0, 0.05) is 13.1 Å². The summed E-state index contributed by atoms with van der Waals surface area (Å²) >= 11 is 1.76. The highest BCUT2D eigenvalue weighted by Crippen LogP contribution is 2.05. The van der Waals surface area contributed by atoms with E-state index >= 15 is 0 Å². The first-order valence-electron chi connectivity index (χ1n) is 5.38. The predicted molar refractivity (Wildman–Crippen MR) is 72.2 cm³/mol. The number of hydrogen-bond acceptors (Lipinski definition) is 3. The molecule has 0 aliphatic rings. The third-order valence-electron chi connectivity index (χ3n) is 1.84. The molecule has 0 radical (unpaired) electrons. The van der Waals surface area contributed by atoms with Crippen molar-refractivity contribution in [1.82, 2.24) is 9.80 Å². The summed E-state index contributed by atoms with van der Waals surface area (Å²) in [5, 5.41) is 4.32. The van der Waals surface area contributed by atoms with Crippen LogP contribution in [0, 0.1) is 0 Å². The maximum atomic E-state index is 2.22. The minimum absolute atomic E-state index is 1.13. The largest absolute Gasteiger partial charge is 0.309 e. The molecular formula is C12H24N2S. The fourth-order valence-corrected chi connectivity index (χ4v) is 1.54. The minimum Gasteiger partial charge on any atom is -0.309 e. The second kappa shape index (κ2) is 10.3. The maximum absolute atomic E-state index is 2.22. The van der Waals surface area contributed by atoms with E-state index in [1.54, 1.807) is 11.8 Å². The Kier molecular flexibility index (Phi) is 10.1. The molecule has 3 heteroatoms. The van der Waals surface area contributed by atoms with Crippen LogP contribution in [0.25, 0.3) is 0 Å². The summed E-state index contributed by atoms with van der Waals surface area (Å²) in [5.74, 6) is 0. The highest BCUT2D eigenvalue weighted by molar-refractivity contribution is 8.04. The molecule has 0 saturated carbocycles. The molecule has 0 unspecified atom stereocenters. The summed E-state index contributed by atoms with van der Waals surface area (Å²) in [7, 11) is 8.40. The molecule has 88 valence electrons. The Bertz CT molecular complexity index is 166. The fraction of sp³-hybridized carbons (Fsp3) is 0.667. The fourth-order valence-electron chi connectivity index (χ4n) is 0.958. The zero-order valence-corrected chi connectivity index (χ0v) is 11.3. The monoisotopic (exact) mass is 228 g/mol. The second-order valence-electron chi connectivity index (χ2n) is 4.06. The van der Waals surface area contributed by atoms with Crippen LogP contribution in [0.2, 0.25) is 0 Å². The summed E-state index contributed by atoms with van der Waals surface area (Å²) in [5.41, 5.74) is 0. The van der Waals surface area contributed by atoms with Crippen molar-refractivity contribution in [3.05, 3.63) is 23.0 Å². The molecule has 0 aromatic rings. The molecule has 0 atom stereocenters. The number of rotatable bonds is 8. The average molecular weight is 228 g/mol. The molecule has 0 bridgehead atoms. The van der Waals surface area contributed by atoms with Gasteiger partial charge in [0.25, 0.3) is 0 Å². The average Bonchev–Trinajstić information content (AvgIpc) is 2.14. The molecule has 0 rings (SSSR count). The molecule has 0 saturated heterocycles. The van der Waals surface area contributed by atoms with E-state index in [9.17, 15) is 0 Å². The van der Waals surface area contributed by atoms with Crippen LogP contribution in [0.1, 0.15) is 12.8 Å². The van der Waals surface area contributed by atoms with Crippen molar-refractivity contribution in [3.63, 3.8) is 0 Å². The van der Waals surface area contributed by atoms with Gasteiger partial charge < -0.3 is 9.80 Å². The van der Waals surface area contributed by atoms with Crippen LogP contribution in [-0.2, 0) is 0 Å². The molecular weight excluding hydrogens is 204 g/mol. The van der Waals surface area contributed by atoms with Gasteiger partial charge in [-0.25, -0.2) is 0 Å². The van der Waals surface area contributed by atoms with Gasteiger partial charge in [0.05, 0.1) is 0 Å². The highest BCUT2D eigenvalue weighted by Gasteiger charge is 1.85. The first-order valence-corrected chi connectivity index (χ1v) is 6.32. The van der Waals surface area contributed by atoms with Crippen molar-refractivity contribution in [1.29, 1.82) is 0 Å². The first kappa shape index (κ1) is 14.8. The van der Waals surface area contributed by atoms with Gasteiger partial charge in [-0.3, -0.25) is 0 Å². The molecule has 0 aromatic heterocycles. The van der Waals surface area contributed by atoms with Crippen LogP contribution >= 0.6 is 11.8 Å². The SMILES string of the molecule is CN(C)CCC=CSC=CCCN(C)C. The molecule has 15 heavy (non-hydrogen) atoms. The molecule has 0 fully saturated rings. The van der Waals surface area contributed by atoms with Crippen molar-refractivity contribution in [2.24, 2.45) is 0 Å². The van der Waals surface area contributed by atoms with E-state index in [0.717, 1.165) is 25.9 Å².